The fourth-order valence-corrected chi connectivity index (χ4v) is 0.433. The second kappa shape index (κ2) is 3.81. The van der Waals surface area contributed by atoms with E-state index in [0.29, 0.717) is 10.5 Å². The van der Waals surface area contributed by atoms with Crippen LogP contribution in [0.15, 0.2) is 0 Å². The van der Waals surface area contributed by atoms with Crippen molar-refractivity contribution in [1.29, 1.82) is 0 Å². The van der Waals surface area contributed by atoms with Crippen molar-refractivity contribution in [3.63, 3.8) is 0 Å². The molecule has 0 heterocycles. The molecule has 0 fully saturated rings. The molecule has 0 aliphatic carbocycles. The first-order chi connectivity index (χ1) is 2.41. The van der Waals surface area contributed by atoms with Gasteiger partial charge in [-0.1, -0.05) is 0 Å². The predicted molar refractivity (Wildman–Crippen MR) is 23.9 cm³/mol. The van der Waals surface area contributed by atoms with Crippen LogP contribution in [0.2, 0.25) is 0 Å². The third kappa shape index (κ3) is 3.81. The lowest BCUT2D eigenvalue weighted by Crippen LogP contribution is -1.79. The lowest BCUT2D eigenvalue weighted by molar-refractivity contribution is 0.567. The third-order valence-corrected chi connectivity index (χ3v) is 1.20. The molecule has 0 unspecified atom stereocenters. The van der Waals surface area contributed by atoms with Gasteiger partial charge in [0.15, 0.2) is 10.5 Å². The molecule has 0 aromatic carbocycles. The molecule has 0 amide bonds. The lowest BCUT2D eigenvalue weighted by Gasteiger charge is -1.72. The van der Waals surface area contributed by atoms with Gasteiger partial charge in [-0.05, 0) is 0 Å². The average Bonchev–Trinajstić information content (AvgIpc) is 1.41. The van der Waals surface area contributed by atoms with Gasteiger partial charge < -0.3 is 4.12 Å². The van der Waals surface area contributed by atoms with Crippen LogP contribution in [0.5, 0.6) is 0 Å². The monoisotopic (exact) mass is 104 g/mol. The molecule has 0 aromatic heterocycles. The molecule has 0 radical (unpaired) electrons. The first-order valence-electron chi connectivity index (χ1n) is 1.14. The molecule has 28 valence electrons. The Labute approximate surface area is 35.2 Å². The largest absolute Gasteiger partial charge is 0.607 e. The number of hydrogen-bond donors (Lipinski definition) is 0. The normalized spacial score (nSPS) is 5.60. The van der Waals surface area contributed by atoms with E-state index < -0.39 is 9.38 Å². The molecule has 0 aliphatic heterocycles. The van der Waals surface area contributed by atoms with E-state index in [4.69, 9.17) is 0 Å². The van der Waals surface area contributed by atoms with Gasteiger partial charge in [0, 0.05) is 0 Å². The molecule has 0 saturated heterocycles. The predicted octanol–water partition coefficient (Wildman–Crippen LogP) is -2.30. The van der Waals surface area contributed by atoms with Gasteiger partial charge in [-0.15, -0.1) is 0 Å². The molecule has 0 spiro atoms. The van der Waals surface area contributed by atoms with Gasteiger partial charge in [0.2, 0.25) is 0 Å². The Hall–Kier alpha value is -0.186. The van der Waals surface area contributed by atoms with Crippen LogP contribution in [-0.4, -0.2) is 25.4 Å². The SMILES string of the molecule is O=C=[SiH]O[SiH3]. The maximum absolute atomic E-state index is 9.21. The van der Waals surface area contributed by atoms with Crippen LogP contribution in [-0.2, 0) is 8.91 Å². The highest BCUT2D eigenvalue weighted by Crippen LogP contribution is 1.31. The van der Waals surface area contributed by atoms with E-state index in [2.05, 4.69) is 4.12 Å². The Balaban J connectivity index is 2.93. The molecule has 0 saturated carbocycles. The summed E-state index contributed by atoms with van der Waals surface area (Å²) < 4.78 is 4.49. The summed E-state index contributed by atoms with van der Waals surface area (Å²) in [5, 5.41) is 0. The van der Waals surface area contributed by atoms with Gasteiger partial charge >= 0.3 is 9.38 Å². The van der Waals surface area contributed by atoms with Gasteiger partial charge in [0.05, 0.1) is 0 Å². The minimum atomic E-state index is -0.429. The standard InChI is InChI=1S/CH4O2Si2/c2-1-5-3-4/h5H,4H3. The zero-order valence-electron chi connectivity index (χ0n) is 2.89. The molecule has 0 bridgehead atoms. The van der Waals surface area contributed by atoms with Crippen molar-refractivity contribution < 1.29 is 8.91 Å². The van der Waals surface area contributed by atoms with Crippen molar-refractivity contribution in [1.82, 2.24) is 0 Å². The van der Waals surface area contributed by atoms with Gasteiger partial charge in [-0.2, -0.15) is 0 Å². The number of hydrogen-bond acceptors (Lipinski definition) is 2. The van der Waals surface area contributed by atoms with Crippen LogP contribution in [0, 0.1) is 0 Å². The maximum atomic E-state index is 9.21. The Morgan fingerprint density at radius 2 is 2.60 bits per heavy atom. The van der Waals surface area contributed by atoms with Crippen LogP contribution in [0.4, 0.5) is 0 Å². The maximum Gasteiger partial charge on any atom is 0.306 e. The van der Waals surface area contributed by atoms with Gasteiger partial charge in [-0.3, -0.25) is 0 Å². The molecule has 4 heteroatoms. The van der Waals surface area contributed by atoms with E-state index in [1.54, 1.807) is 5.54 Å². The molecular formula is CH4O2Si2. The van der Waals surface area contributed by atoms with E-state index in [1.807, 2.05) is 0 Å². The quantitative estimate of drug-likeness (QED) is 0.350. The Bertz CT molecular complexity index is 54.7. The minimum absolute atomic E-state index is 0.429. The molecule has 0 rings (SSSR count). The van der Waals surface area contributed by atoms with Crippen molar-refractivity contribution in [3.8, 4) is 0 Å². The van der Waals surface area contributed by atoms with Crippen LogP contribution in [0.1, 0.15) is 0 Å². The fourth-order valence-electron chi connectivity index (χ4n) is 0.0481. The summed E-state index contributed by atoms with van der Waals surface area (Å²) in [6.45, 7) is 0. The molecule has 5 heavy (non-hydrogen) atoms. The Kier molecular flexibility index (Phi) is 3.67. The van der Waals surface area contributed by atoms with Gasteiger partial charge in [-0.25, -0.2) is 4.79 Å². The van der Waals surface area contributed by atoms with Crippen molar-refractivity contribution in [2.75, 3.05) is 0 Å². The summed E-state index contributed by atoms with van der Waals surface area (Å²) >= 11 is 0. The van der Waals surface area contributed by atoms with Crippen molar-refractivity contribution in [2.45, 2.75) is 0 Å². The van der Waals surface area contributed by atoms with E-state index >= 15 is 0 Å². The van der Waals surface area contributed by atoms with Crippen molar-refractivity contribution >= 4 is 25.4 Å². The lowest BCUT2D eigenvalue weighted by atomic mass is 11.9. The average molecular weight is 104 g/mol. The highest BCUT2D eigenvalue weighted by molar-refractivity contribution is 6.40. The topological polar surface area (TPSA) is 26.3 Å². The Morgan fingerprint density at radius 1 is 2.00 bits per heavy atom. The summed E-state index contributed by atoms with van der Waals surface area (Å²) in [6.07, 6.45) is 0. The zero-order chi connectivity index (χ0) is 4.12. The van der Waals surface area contributed by atoms with Crippen molar-refractivity contribution in [3.05, 3.63) is 0 Å². The van der Waals surface area contributed by atoms with Gasteiger partial charge in [0.25, 0.3) is 0 Å². The van der Waals surface area contributed by atoms with E-state index in [9.17, 15) is 4.79 Å². The molecule has 0 aromatic rings. The van der Waals surface area contributed by atoms with E-state index in [-0.39, 0.29) is 0 Å². The third-order valence-electron chi connectivity index (χ3n) is 0.166. The summed E-state index contributed by atoms with van der Waals surface area (Å²) in [5.41, 5.74) is 1.66. The Morgan fingerprint density at radius 3 is 2.60 bits per heavy atom. The number of rotatable bonds is 1. The summed E-state index contributed by atoms with van der Waals surface area (Å²) in [5.74, 6) is 0. The molecule has 0 atom stereocenters. The fraction of sp³-hybridized carbons (Fsp3) is 0. The number of carbonyl (C=O) groups excluding carboxylic acids is 1. The molecule has 0 N–H and O–H groups in total. The molecular weight excluding hydrogens is 100 g/mol. The summed E-state index contributed by atoms with van der Waals surface area (Å²) in [6, 6.07) is 0. The summed E-state index contributed by atoms with van der Waals surface area (Å²) in [7, 11) is 0.244. The highest BCUT2D eigenvalue weighted by atomic mass is 28.3. The highest BCUT2D eigenvalue weighted by Gasteiger charge is 1.50. The van der Waals surface area contributed by atoms with Crippen LogP contribution >= 0.6 is 0 Å². The van der Waals surface area contributed by atoms with Crippen LogP contribution in [0.3, 0.4) is 0 Å². The first-order valence-corrected chi connectivity index (χ1v) is 3.00. The smallest absolute Gasteiger partial charge is 0.306 e. The zero-order valence-corrected chi connectivity index (χ0v) is 6.05. The molecule has 2 nitrogen and oxygen atoms in total. The second-order valence-corrected chi connectivity index (χ2v) is 2.83. The first kappa shape index (κ1) is 4.81. The summed E-state index contributed by atoms with van der Waals surface area (Å²) in [4.78, 5) is 9.21. The molecule has 0 aliphatic rings. The van der Waals surface area contributed by atoms with Crippen molar-refractivity contribution in [2.24, 2.45) is 0 Å². The minimum Gasteiger partial charge on any atom is -0.607 e. The van der Waals surface area contributed by atoms with E-state index in [1.165, 1.54) is 0 Å². The van der Waals surface area contributed by atoms with Crippen LogP contribution < -0.4 is 0 Å². The van der Waals surface area contributed by atoms with Crippen LogP contribution in [0.25, 0.3) is 0 Å². The second-order valence-electron chi connectivity index (χ2n) is 0.471. The van der Waals surface area contributed by atoms with Gasteiger partial charge in [0.1, 0.15) is 5.54 Å². The van der Waals surface area contributed by atoms with E-state index in [0.717, 1.165) is 0 Å².